The van der Waals surface area contributed by atoms with Gasteiger partial charge in [-0.15, -0.1) is 0 Å². The van der Waals surface area contributed by atoms with E-state index in [-0.39, 0.29) is 35.6 Å². The van der Waals surface area contributed by atoms with E-state index in [1.807, 2.05) is 0 Å². The molecule has 0 saturated carbocycles. The van der Waals surface area contributed by atoms with Crippen molar-refractivity contribution in [2.75, 3.05) is 11.9 Å². The molecule has 0 aromatic heterocycles. The van der Waals surface area contributed by atoms with Crippen LogP contribution in [0.3, 0.4) is 0 Å². The van der Waals surface area contributed by atoms with E-state index in [1.165, 1.54) is 24.3 Å². The molecule has 0 spiro atoms. The minimum absolute atomic E-state index is 0.00264. The zero-order valence-corrected chi connectivity index (χ0v) is 16.8. The maximum absolute atomic E-state index is 13.1. The van der Waals surface area contributed by atoms with E-state index in [9.17, 15) is 27.2 Å². The van der Waals surface area contributed by atoms with Crippen molar-refractivity contribution in [3.63, 3.8) is 0 Å². The zero-order valence-electron chi connectivity index (χ0n) is 16.0. The minimum Gasteiger partial charge on any atom is -0.462 e. The van der Waals surface area contributed by atoms with E-state index >= 15 is 0 Å². The van der Waals surface area contributed by atoms with Crippen molar-refractivity contribution < 1.29 is 31.9 Å². The molecule has 2 aromatic carbocycles. The van der Waals surface area contributed by atoms with Gasteiger partial charge in [0.15, 0.2) is 0 Å². The monoisotopic (exact) mass is 434 g/mol. The number of halogens is 1. The average molecular weight is 434 g/mol. The predicted octanol–water partition coefficient (Wildman–Crippen LogP) is 2.32. The number of esters is 1. The standard InChI is InChI=1S/C20H19FN2O6S/c1-2-29-20(26)13-4-3-5-15(12-13)22-19(25)17-10-11-18(24)23(17)30(27,28)16-8-6-14(21)7-9-16/h3-9,12,17H,2,10-11H2,1H3,(H,22,25)/t17-/m0/s1. The Bertz CT molecular complexity index is 1080. The summed E-state index contributed by atoms with van der Waals surface area (Å²) in [5, 5.41) is 2.54. The van der Waals surface area contributed by atoms with Crippen molar-refractivity contribution >= 4 is 33.5 Å². The lowest BCUT2D eigenvalue weighted by Crippen LogP contribution is -2.45. The highest BCUT2D eigenvalue weighted by atomic mass is 32.2. The fourth-order valence-corrected chi connectivity index (χ4v) is 4.69. The molecule has 1 heterocycles. The normalized spacial score (nSPS) is 16.4. The number of hydrogen-bond donors (Lipinski definition) is 1. The molecule has 2 amide bonds. The third kappa shape index (κ3) is 4.33. The largest absolute Gasteiger partial charge is 0.462 e. The lowest BCUT2D eigenvalue weighted by atomic mass is 10.1. The molecule has 0 aliphatic carbocycles. The third-order valence-electron chi connectivity index (χ3n) is 4.47. The molecule has 1 N–H and O–H groups in total. The Hall–Kier alpha value is -3.27. The summed E-state index contributed by atoms with van der Waals surface area (Å²) in [6.07, 6.45) is -0.121. The van der Waals surface area contributed by atoms with Crippen molar-refractivity contribution in [1.29, 1.82) is 0 Å². The van der Waals surface area contributed by atoms with Crippen LogP contribution in [0.4, 0.5) is 10.1 Å². The number of sulfonamides is 1. The van der Waals surface area contributed by atoms with E-state index in [0.717, 1.165) is 24.3 Å². The first kappa shape index (κ1) is 21.4. The summed E-state index contributed by atoms with van der Waals surface area (Å²) in [4.78, 5) is 36.6. The second-order valence-electron chi connectivity index (χ2n) is 6.49. The molecule has 2 aromatic rings. The summed E-state index contributed by atoms with van der Waals surface area (Å²) in [6, 6.07) is 8.70. The predicted molar refractivity (Wildman–Crippen MR) is 104 cm³/mol. The summed E-state index contributed by atoms with van der Waals surface area (Å²) in [7, 11) is -4.34. The van der Waals surface area contributed by atoms with Gasteiger partial charge in [0.1, 0.15) is 11.9 Å². The van der Waals surface area contributed by atoms with Crippen molar-refractivity contribution in [3.8, 4) is 0 Å². The molecule has 1 saturated heterocycles. The first-order chi connectivity index (χ1) is 14.2. The van der Waals surface area contributed by atoms with Gasteiger partial charge in [0.05, 0.1) is 17.1 Å². The maximum Gasteiger partial charge on any atom is 0.338 e. The molecule has 3 rings (SSSR count). The SMILES string of the molecule is CCOC(=O)c1cccc(NC(=O)[C@@H]2CCC(=O)N2S(=O)(=O)c2ccc(F)cc2)c1. The van der Waals surface area contributed by atoms with Crippen LogP contribution >= 0.6 is 0 Å². The number of carbonyl (C=O) groups is 3. The number of rotatable bonds is 6. The van der Waals surface area contributed by atoms with Gasteiger partial charge in [0.25, 0.3) is 10.0 Å². The van der Waals surface area contributed by atoms with Gasteiger partial charge in [-0.1, -0.05) is 6.07 Å². The van der Waals surface area contributed by atoms with Crippen LogP contribution in [0.15, 0.2) is 53.4 Å². The molecule has 0 bridgehead atoms. The Balaban J connectivity index is 1.83. The number of nitrogens with one attached hydrogen (secondary N) is 1. The summed E-state index contributed by atoms with van der Waals surface area (Å²) in [6.45, 7) is 1.85. The van der Waals surface area contributed by atoms with Crippen LogP contribution in [0, 0.1) is 5.82 Å². The molecule has 1 atom stereocenters. The molecule has 1 aliphatic heterocycles. The molecule has 1 fully saturated rings. The van der Waals surface area contributed by atoms with Crippen LogP contribution in [0.25, 0.3) is 0 Å². The fraction of sp³-hybridized carbons (Fsp3) is 0.250. The highest BCUT2D eigenvalue weighted by Crippen LogP contribution is 2.28. The number of ether oxygens (including phenoxy) is 1. The average Bonchev–Trinajstić information content (AvgIpc) is 3.11. The minimum atomic E-state index is -4.34. The number of anilines is 1. The molecular weight excluding hydrogens is 415 g/mol. The number of amides is 2. The number of carbonyl (C=O) groups excluding carboxylic acids is 3. The van der Waals surface area contributed by atoms with Gasteiger partial charge in [-0.05, 0) is 55.8 Å². The molecule has 1 aliphatic rings. The Morgan fingerprint density at radius 3 is 2.57 bits per heavy atom. The third-order valence-corrected chi connectivity index (χ3v) is 6.32. The number of hydrogen-bond acceptors (Lipinski definition) is 6. The van der Waals surface area contributed by atoms with Crippen molar-refractivity contribution in [2.24, 2.45) is 0 Å². The van der Waals surface area contributed by atoms with Gasteiger partial charge < -0.3 is 10.1 Å². The first-order valence-corrected chi connectivity index (χ1v) is 10.6. The molecule has 30 heavy (non-hydrogen) atoms. The summed E-state index contributed by atoms with van der Waals surface area (Å²) in [5.74, 6) is -2.63. The van der Waals surface area contributed by atoms with E-state index in [1.54, 1.807) is 6.92 Å². The summed E-state index contributed by atoms with van der Waals surface area (Å²) >= 11 is 0. The van der Waals surface area contributed by atoms with Crippen LogP contribution in [0.5, 0.6) is 0 Å². The van der Waals surface area contributed by atoms with Crippen molar-refractivity contribution in [3.05, 3.63) is 59.9 Å². The van der Waals surface area contributed by atoms with Gasteiger partial charge in [-0.25, -0.2) is 21.9 Å². The molecule has 0 unspecified atom stereocenters. The van der Waals surface area contributed by atoms with Crippen molar-refractivity contribution in [1.82, 2.24) is 4.31 Å². The smallest absolute Gasteiger partial charge is 0.338 e. The fourth-order valence-electron chi connectivity index (χ4n) is 3.08. The topological polar surface area (TPSA) is 110 Å². The molecule has 0 radical (unpaired) electrons. The molecule has 158 valence electrons. The highest BCUT2D eigenvalue weighted by molar-refractivity contribution is 7.89. The summed E-state index contributed by atoms with van der Waals surface area (Å²) < 4.78 is 44.3. The van der Waals surface area contributed by atoms with Crippen LogP contribution in [-0.2, 0) is 24.3 Å². The van der Waals surface area contributed by atoms with Gasteiger partial charge in [0, 0.05) is 12.1 Å². The van der Waals surface area contributed by atoms with E-state index in [0.29, 0.717) is 4.31 Å². The maximum atomic E-state index is 13.1. The zero-order chi connectivity index (χ0) is 21.9. The Morgan fingerprint density at radius 1 is 1.20 bits per heavy atom. The second-order valence-corrected chi connectivity index (χ2v) is 8.31. The van der Waals surface area contributed by atoms with Crippen LogP contribution in [-0.4, -0.2) is 43.2 Å². The number of nitrogens with zero attached hydrogens (tertiary/aromatic N) is 1. The number of benzene rings is 2. The van der Waals surface area contributed by atoms with E-state index < -0.39 is 39.7 Å². The second kappa shape index (κ2) is 8.62. The van der Waals surface area contributed by atoms with Crippen LogP contribution in [0.2, 0.25) is 0 Å². The van der Waals surface area contributed by atoms with Crippen LogP contribution < -0.4 is 5.32 Å². The summed E-state index contributed by atoms with van der Waals surface area (Å²) in [5.41, 5.74) is 0.469. The van der Waals surface area contributed by atoms with Gasteiger partial charge in [0.2, 0.25) is 11.8 Å². The molecular formula is C20H19FN2O6S. The first-order valence-electron chi connectivity index (χ1n) is 9.15. The highest BCUT2D eigenvalue weighted by Gasteiger charge is 2.44. The Morgan fingerprint density at radius 2 is 1.90 bits per heavy atom. The van der Waals surface area contributed by atoms with Crippen LogP contribution in [0.1, 0.15) is 30.1 Å². The Labute approximate surface area is 172 Å². The van der Waals surface area contributed by atoms with Gasteiger partial charge in [-0.3, -0.25) is 9.59 Å². The lowest BCUT2D eigenvalue weighted by molar-refractivity contribution is -0.128. The van der Waals surface area contributed by atoms with Crippen molar-refractivity contribution in [2.45, 2.75) is 30.7 Å². The van der Waals surface area contributed by atoms with Gasteiger partial charge in [-0.2, -0.15) is 0 Å². The molecule has 10 heteroatoms. The van der Waals surface area contributed by atoms with E-state index in [4.69, 9.17) is 4.74 Å². The lowest BCUT2D eigenvalue weighted by Gasteiger charge is -2.23. The quantitative estimate of drug-likeness (QED) is 0.699. The van der Waals surface area contributed by atoms with E-state index in [2.05, 4.69) is 5.32 Å². The van der Waals surface area contributed by atoms with Gasteiger partial charge >= 0.3 is 5.97 Å². The Kier molecular flexibility index (Phi) is 6.16. The molecule has 8 nitrogen and oxygen atoms in total.